The first-order valence-electron chi connectivity index (χ1n) is 5.85. The maximum absolute atomic E-state index is 10.5. The normalized spacial score (nSPS) is 12.6. The number of ether oxygens (including phenoxy) is 1. The van der Waals surface area contributed by atoms with Crippen LogP contribution >= 0.6 is 0 Å². The summed E-state index contributed by atoms with van der Waals surface area (Å²) in [6.45, 7) is 2.28. The molecular formula is C13H17NO4. The molecule has 5 nitrogen and oxygen atoms in total. The molecule has 0 bridgehead atoms. The monoisotopic (exact) mass is 251 g/mol. The van der Waals surface area contributed by atoms with E-state index in [0.717, 1.165) is 6.42 Å². The van der Waals surface area contributed by atoms with Gasteiger partial charge in [0.1, 0.15) is 12.4 Å². The van der Waals surface area contributed by atoms with Gasteiger partial charge in [-0.15, -0.1) is 0 Å². The average Bonchev–Trinajstić information content (AvgIpc) is 2.35. The molecule has 0 aliphatic rings. The molecular weight excluding hydrogens is 234 g/mol. The second-order valence-electron chi connectivity index (χ2n) is 3.85. The Hall–Kier alpha value is -1.88. The lowest BCUT2D eigenvalue weighted by Crippen LogP contribution is -2.02. The Labute approximate surface area is 106 Å². The lowest BCUT2D eigenvalue weighted by Gasteiger charge is -2.04. The largest absolute Gasteiger partial charge is 0.489 e. The molecule has 0 saturated carbocycles. The van der Waals surface area contributed by atoms with Crippen LogP contribution < -0.4 is 4.74 Å². The van der Waals surface area contributed by atoms with Gasteiger partial charge >= 0.3 is 0 Å². The van der Waals surface area contributed by atoms with E-state index in [1.807, 2.05) is 6.92 Å². The molecule has 0 spiro atoms. The molecule has 0 saturated heterocycles. The zero-order chi connectivity index (χ0) is 13.4. The SMILES string of the molecule is CCC[C@H](O)/C=C/COc1cccc([N+](=O)[O-])c1. The van der Waals surface area contributed by atoms with E-state index >= 15 is 0 Å². The van der Waals surface area contributed by atoms with E-state index < -0.39 is 11.0 Å². The van der Waals surface area contributed by atoms with Crippen LogP contribution in [-0.4, -0.2) is 22.7 Å². The number of hydrogen-bond donors (Lipinski definition) is 1. The van der Waals surface area contributed by atoms with Gasteiger partial charge < -0.3 is 9.84 Å². The van der Waals surface area contributed by atoms with Crippen molar-refractivity contribution >= 4 is 5.69 Å². The van der Waals surface area contributed by atoms with Gasteiger partial charge in [-0.25, -0.2) is 0 Å². The van der Waals surface area contributed by atoms with E-state index in [1.165, 1.54) is 12.1 Å². The Morgan fingerprint density at radius 3 is 3.00 bits per heavy atom. The molecule has 0 heterocycles. The molecule has 0 amide bonds. The van der Waals surface area contributed by atoms with E-state index in [9.17, 15) is 15.2 Å². The number of hydrogen-bond acceptors (Lipinski definition) is 4. The van der Waals surface area contributed by atoms with Crippen molar-refractivity contribution in [2.24, 2.45) is 0 Å². The summed E-state index contributed by atoms with van der Waals surface area (Å²) in [5.74, 6) is 0.443. The lowest BCUT2D eigenvalue weighted by molar-refractivity contribution is -0.384. The molecule has 1 rings (SSSR count). The van der Waals surface area contributed by atoms with E-state index in [2.05, 4.69) is 0 Å². The summed E-state index contributed by atoms with van der Waals surface area (Å²) in [6.07, 6.45) is 4.55. The minimum Gasteiger partial charge on any atom is -0.489 e. The van der Waals surface area contributed by atoms with Crippen LogP contribution in [0.5, 0.6) is 5.75 Å². The third-order valence-corrected chi connectivity index (χ3v) is 2.32. The van der Waals surface area contributed by atoms with Crippen molar-refractivity contribution < 1.29 is 14.8 Å². The predicted octanol–water partition coefficient (Wildman–Crippen LogP) is 2.69. The number of aliphatic hydroxyl groups excluding tert-OH is 1. The number of nitro benzene ring substituents is 1. The predicted molar refractivity (Wildman–Crippen MR) is 68.6 cm³/mol. The summed E-state index contributed by atoms with van der Waals surface area (Å²) in [5.41, 5.74) is 0.00231. The van der Waals surface area contributed by atoms with Crippen LogP contribution in [0, 0.1) is 10.1 Å². The molecule has 0 fully saturated rings. The van der Waals surface area contributed by atoms with Crippen molar-refractivity contribution in [3.8, 4) is 5.75 Å². The van der Waals surface area contributed by atoms with Gasteiger partial charge in [0.05, 0.1) is 17.1 Å². The second-order valence-corrected chi connectivity index (χ2v) is 3.85. The topological polar surface area (TPSA) is 72.6 Å². The molecule has 1 aromatic carbocycles. The first-order valence-corrected chi connectivity index (χ1v) is 5.85. The fourth-order valence-electron chi connectivity index (χ4n) is 1.44. The Balaban J connectivity index is 2.44. The van der Waals surface area contributed by atoms with Crippen molar-refractivity contribution in [1.29, 1.82) is 0 Å². The first kappa shape index (κ1) is 14.2. The van der Waals surface area contributed by atoms with Gasteiger partial charge in [-0.1, -0.05) is 25.5 Å². The van der Waals surface area contributed by atoms with Crippen molar-refractivity contribution in [1.82, 2.24) is 0 Å². The minimum absolute atomic E-state index is 0.00231. The molecule has 0 aliphatic carbocycles. The third kappa shape index (κ3) is 4.97. The van der Waals surface area contributed by atoms with Crippen molar-refractivity contribution in [2.45, 2.75) is 25.9 Å². The Kier molecular flexibility index (Phi) is 5.87. The van der Waals surface area contributed by atoms with Gasteiger partial charge in [0.2, 0.25) is 0 Å². The third-order valence-electron chi connectivity index (χ3n) is 2.32. The number of nitro groups is 1. The van der Waals surface area contributed by atoms with Crippen LogP contribution in [0.25, 0.3) is 0 Å². The molecule has 5 heteroatoms. The highest BCUT2D eigenvalue weighted by molar-refractivity contribution is 5.37. The Morgan fingerprint density at radius 2 is 2.33 bits per heavy atom. The maximum atomic E-state index is 10.5. The molecule has 0 radical (unpaired) electrons. The van der Waals surface area contributed by atoms with Gasteiger partial charge in [-0.05, 0) is 18.6 Å². The highest BCUT2D eigenvalue weighted by Crippen LogP contribution is 2.18. The molecule has 1 N–H and O–H groups in total. The molecule has 1 aromatic rings. The fraction of sp³-hybridized carbons (Fsp3) is 0.385. The van der Waals surface area contributed by atoms with Crippen LogP contribution in [-0.2, 0) is 0 Å². The number of benzene rings is 1. The number of nitrogens with zero attached hydrogens (tertiary/aromatic N) is 1. The highest BCUT2D eigenvalue weighted by Gasteiger charge is 2.05. The van der Waals surface area contributed by atoms with E-state index in [1.54, 1.807) is 24.3 Å². The van der Waals surface area contributed by atoms with Crippen LogP contribution in [0.15, 0.2) is 36.4 Å². The summed E-state index contributed by atoms with van der Waals surface area (Å²) in [5, 5.41) is 20.0. The van der Waals surface area contributed by atoms with Gasteiger partial charge in [-0.2, -0.15) is 0 Å². The molecule has 18 heavy (non-hydrogen) atoms. The van der Waals surface area contributed by atoms with Crippen molar-refractivity contribution in [2.75, 3.05) is 6.61 Å². The smallest absolute Gasteiger partial charge is 0.273 e. The number of aliphatic hydroxyl groups is 1. The molecule has 1 atom stereocenters. The van der Waals surface area contributed by atoms with Gasteiger partial charge in [0.15, 0.2) is 0 Å². The van der Waals surface area contributed by atoms with E-state index in [4.69, 9.17) is 4.74 Å². The standard InChI is InChI=1S/C13H17NO4/c1-2-5-12(15)7-4-9-18-13-8-3-6-11(10-13)14(16)17/h3-4,6-8,10,12,15H,2,5,9H2,1H3/b7-4+/t12-/m0/s1. The van der Waals surface area contributed by atoms with Crippen LogP contribution in [0.3, 0.4) is 0 Å². The van der Waals surface area contributed by atoms with E-state index in [0.29, 0.717) is 12.2 Å². The summed E-state index contributed by atoms with van der Waals surface area (Å²) in [4.78, 5) is 10.1. The number of non-ortho nitro benzene ring substituents is 1. The van der Waals surface area contributed by atoms with Gasteiger partial charge in [-0.3, -0.25) is 10.1 Å². The summed E-state index contributed by atoms with van der Waals surface area (Å²) in [7, 11) is 0. The van der Waals surface area contributed by atoms with Gasteiger partial charge in [0, 0.05) is 6.07 Å². The zero-order valence-corrected chi connectivity index (χ0v) is 10.3. The maximum Gasteiger partial charge on any atom is 0.273 e. The molecule has 0 unspecified atom stereocenters. The minimum atomic E-state index is -0.465. The highest BCUT2D eigenvalue weighted by atomic mass is 16.6. The van der Waals surface area contributed by atoms with Gasteiger partial charge in [0.25, 0.3) is 5.69 Å². The first-order chi connectivity index (χ1) is 8.63. The summed E-state index contributed by atoms with van der Waals surface area (Å²) >= 11 is 0. The van der Waals surface area contributed by atoms with Crippen LogP contribution in [0.4, 0.5) is 5.69 Å². The van der Waals surface area contributed by atoms with E-state index in [-0.39, 0.29) is 12.3 Å². The summed E-state index contributed by atoms with van der Waals surface area (Å²) < 4.78 is 5.32. The quantitative estimate of drug-likeness (QED) is 0.459. The molecule has 0 aliphatic heterocycles. The average molecular weight is 251 g/mol. The van der Waals surface area contributed by atoms with Crippen molar-refractivity contribution in [3.05, 3.63) is 46.5 Å². The fourth-order valence-corrected chi connectivity index (χ4v) is 1.44. The Bertz CT molecular complexity index is 417. The lowest BCUT2D eigenvalue weighted by atomic mass is 10.2. The second kappa shape index (κ2) is 7.45. The number of rotatable bonds is 7. The zero-order valence-electron chi connectivity index (χ0n) is 10.3. The van der Waals surface area contributed by atoms with Crippen LogP contribution in [0.2, 0.25) is 0 Å². The molecule has 0 aromatic heterocycles. The molecule has 98 valence electrons. The Morgan fingerprint density at radius 1 is 1.56 bits per heavy atom. The van der Waals surface area contributed by atoms with Crippen LogP contribution in [0.1, 0.15) is 19.8 Å². The van der Waals surface area contributed by atoms with Crippen molar-refractivity contribution in [3.63, 3.8) is 0 Å². The summed E-state index contributed by atoms with van der Waals surface area (Å²) in [6, 6.07) is 6.01.